The molecule has 1 aliphatic heterocycles. The van der Waals surface area contributed by atoms with Crippen LogP contribution in [-0.4, -0.2) is 66.0 Å². The molecule has 1 aliphatic rings. The molecule has 4 atom stereocenters. The number of aliphatic hydroxyl groups excluding tert-OH is 3. The summed E-state index contributed by atoms with van der Waals surface area (Å²) in [5, 5.41) is 33.2. The number of nitrogen functional groups attached to an aromatic ring is 1. The van der Waals surface area contributed by atoms with E-state index in [0.717, 1.165) is 6.42 Å². The van der Waals surface area contributed by atoms with E-state index in [9.17, 15) is 15.3 Å². The third-order valence-electron chi connectivity index (χ3n) is 3.68. The summed E-state index contributed by atoms with van der Waals surface area (Å²) in [6.07, 6.45) is -0.543. The van der Waals surface area contributed by atoms with Crippen molar-refractivity contribution in [2.75, 3.05) is 17.8 Å². The van der Waals surface area contributed by atoms with E-state index in [-0.39, 0.29) is 11.8 Å². The van der Waals surface area contributed by atoms with Crippen LogP contribution in [0.1, 0.15) is 19.6 Å². The predicted molar refractivity (Wildman–Crippen MR) is 85.2 cm³/mol. The van der Waals surface area contributed by atoms with Crippen molar-refractivity contribution in [3.63, 3.8) is 0 Å². The van der Waals surface area contributed by atoms with Crippen molar-refractivity contribution in [2.24, 2.45) is 5.10 Å². The summed E-state index contributed by atoms with van der Waals surface area (Å²) in [5.74, 6) is 0.304. The van der Waals surface area contributed by atoms with Gasteiger partial charge in [0.2, 0.25) is 5.95 Å². The maximum atomic E-state index is 10.2. The highest BCUT2D eigenvalue weighted by molar-refractivity contribution is 5.83. The zero-order valence-electron chi connectivity index (χ0n) is 12.9. The number of nitrogens with two attached hydrogens (primary N) is 1. The number of anilines is 2. The second kappa shape index (κ2) is 6.65. The molecule has 1 saturated heterocycles. The Morgan fingerprint density at radius 2 is 2.21 bits per heavy atom. The molecule has 3 heterocycles. The molecule has 0 aromatic carbocycles. The highest BCUT2D eigenvalue weighted by atomic mass is 16.6. The lowest BCUT2D eigenvalue weighted by Gasteiger charge is -2.16. The van der Waals surface area contributed by atoms with Gasteiger partial charge in [-0.05, 0) is 6.42 Å². The molecule has 130 valence electrons. The number of fused-ring (bicyclic) bond motifs is 1. The number of nitrogens with zero attached hydrogens (tertiary/aromatic N) is 5. The molecule has 2 aromatic heterocycles. The Hall–Kier alpha value is -2.34. The van der Waals surface area contributed by atoms with E-state index in [0.29, 0.717) is 11.2 Å². The summed E-state index contributed by atoms with van der Waals surface area (Å²) in [4.78, 5) is 12.4. The predicted octanol–water partition coefficient (Wildman–Crippen LogP) is -1.17. The summed E-state index contributed by atoms with van der Waals surface area (Å²) in [7, 11) is 0. The fourth-order valence-electron chi connectivity index (χ4n) is 2.48. The standard InChI is InChI=1S/C13H19N7O4/c1-2-3-16-19-13-17-10(14)7-11(18-13)20(5-15-7)12-9(23)8(22)6(4-21)24-12/h3,5-6,8-9,12,21-23H,2,4H2,1H3,(H3,14,17,18,19)/b16-3+/t6?,8-,9?,12?/m0/s1. The van der Waals surface area contributed by atoms with Gasteiger partial charge in [-0.3, -0.25) is 4.57 Å². The van der Waals surface area contributed by atoms with Gasteiger partial charge < -0.3 is 25.8 Å². The Morgan fingerprint density at radius 1 is 1.42 bits per heavy atom. The first-order valence-electron chi connectivity index (χ1n) is 7.46. The molecule has 11 heteroatoms. The summed E-state index contributed by atoms with van der Waals surface area (Å²) in [5.41, 5.74) is 9.18. The van der Waals surface area contributed by atoms with E-state index < -0.39 is 31.1 Å². The molecule has 11 nitrogen and oxygen atoms in total. The summed E-state index contributed by atoms with van der Waals surface area (Å²) >= 11 is 0. The molecule has 0 aliphatic carbocycles. The second-order valence-electron chi connectivity index (χ2n) is 5.32. The molecule has 0 amide bonds. The van der Waals surface area contributed by atoms with Crippen molar-refractivity contribution < 1.29 is 20.1 Å². The van der Waals surface area contributed by atoms with Crippen LogP contribution < -0.4 is 11.2 Å². The molecule has 0 bridgehead atoms. The Labute approximate surface area is 136 Å². The topological polar surface area (TPSA) is 164 Å². The smallest absolute Gasteiger partial charge is 0.247 e. The zero-order valence-corrected chi connectivity index (χ0v) is 12.9. The lowest BCUT2D eigenvalue weighted by Crippen LogP contribution is -2.33. The van der Waals surface area contributed by atoms with Gasteiger partial charge in [0.25, 0.3) is 0 Å². The molecular weight excluding hydrogens is 318 g/mol. The van der Waals surface area contributed by atoms with Crippen molar-refractivity contribution in [1.29, 1.82) is 0 Å². The Balaban J connectivity index is 1.98. The molecule has 0 radical (unpaired) electrons. The normalized spacial score (nSPS) is 27.3. The van der Waals surface area contributed by atoms with Crippen LogP contribution in [0.5, 0.6) is 0 Å². The van der Waals surface area contributed by atoms with E-state index in [4.69, 9.17) is 10.5 Å². The number of hydrogen-bond acceptors (Lipinski definition) is 10. The first-order chi connectivity index (χ1) is 11.6. The van der Waals surface area contributed by atoms with E-state index in [1.807, 2.05) is 6.92 Å². The maximum absolute atomic E-state index is 10.2. The van der Waals surface area contributed by atoms with Gasteiger partial charge >= 0.3 is 0 Å². The monoisotopic (exact) mass is 337 g/mol. The minimum atomic E-state index is -1.25. The summed E-state index contributed by atoms with van der Waals surface area (Å²) in [6, 6.07) is 0. The highest BCUT2D eigenvalue weighted by Gasteiger charge is 2.44. The molecule has 0 saturated carbocycles. The van der Waals surface area contributed by atoms with Crippen LogP contribution in [0.15, 0.2) is 11.4 Å². The van der Waals surface area contributed by atoms with Crippen LogP contribution in [0.3, 0.4) is 0 Å². The maximum Gasteiger partial charge on any atom is 0.247 e. The largest absolute Gasteiger partial charge is 0.394 e. The molecule has 1 fully saturated rings. The van der Waals surface area contributed by atoms with Gasteiger partial charge in [-0.2, -0.15) is 15.1 Å². The van der Waals surface area contributed by atoms with Crippen LogP contribution in [0.25, 0.3) is 11.2 Å². The number of hydrazone groups is 1. The first-order valence-corrected chi connectivity index (χ1v) is 7.46. The van der Waals surface area contributed by atoms with Crippen LogP contribution >= 0.6 is 0 Å². The SMILES string of the molecule is CC/C=N/Nc1nc(N)c2ncn(C3OC(CO)[C@H](O)C3O)c2n1. The molecule has 24 heavy (non-hydrogen) atoms. The second-order valence-corrected chi connectivity index (χ2v) is 5.32. The lowest BCUT2D eigenvalue weighted by molar-refractivity contribution is -0.0511. The molecule has 3 rings (SSSR count). The highest BCUT2D eigenvalue weighted by Crippen LogP contribution is 2.32. The average molecular weight is 337 g/mol. The van der Waals surface area contributed by atoms with Crippen molar-refractivity contribution in [3.05, 3.63) is 6.33 Å². The van der Waals surface area contributed by atoms with Gasteiger partial charge in [-0.15, -0.1) is 0 Å². The van der Waals surface area contributed by atoms with Gasteiger partial charge in [-0.25, -0.2) is 10.4 Å². The number of rotatable bonds is 5. The molecular formula is C13H19N7O4. The number of ether oxygens (including phenoxy) is 1. The van der Waals surface area contributed by atoms with Gasteiger partial charge in [0.15, 0.2) is 17.7 Å². The van der Waals surface area contributed by atoms with Crippen molar-refractivity contribution in [3.8, 4) is 0 Å². The van der Waals surface area contributed by atoms with Crippen LogP contribution in [0, 0.1) is 0 Å². The van der Waals surface area contributed by atoms with E-state index in [1.54, 1.807) is 6.21 Å². The Morgan fingerprint density at radius 3 is 2.88 bits per heavy atom. The Bertz CT molecular complexity index is 749. The van der Waals surface area contributed by atoms with Gasteiger partial charge in [0.05, 0.1) is 12.9 Å². The molecule has 6 N–H and O–H groups in total. The molecule has 3 unspecified atom stereocenters. The van der Waals surface area contributed by atoms with Crippen molar-refractivity contribution in [1.82, 2.24) is 19.5 Å². The lowest BCUT2D eigenvalue weighted by atomic mass is 10.1. The summed E-state index contributed by atoms with van der Waals surface area (Å²) < 4.78 is 6.92. The van der Waals surface area contributed by atoms with Crippen molar-refractivity contribution in [2.45, 2.75) is 37.9 Å². The number of aliphatic hydroxyl groups is 3. The van der Waals surface area contributed by atoms with Crippen molar-refractivity contribution >= 4 is 29.1 Å². The quantitative estimate of drug-likeness (QED) is 0.334. The van der Waals surface area contributed by atoms with Crippen LogP contribution in [-0.2, 0) is 4.74 Å². The minimum absolute atomic E-state index is 0.139. The fraction of sp³-hybridized carbons (Fsp3) is 0.538. The van der Waals surface area contributed by atoms with Gasteiger partial charge in [0, 0.05) is 6.21 Å². The Kier molecular flexibility index (Phi) is 4.57. The number of nitrogens with one attached hydrogen (secondary N) is 1. The van der Waals surface area contributed by atoms with E-state index >= 15 is 0 Å². The molecule has 0 spiro atoms. The van der Waals surface area contributed by atoms with E-state index in [1.165, 1.54) is 10.9 Å². The minimum Gasteiger partial charge on any atom is -0.394 e. The van der Waals surface area contributed by atoms with Gasteiger partial charge in [-0.1, -0.05) is 6.92 Å². The number of hydrogen-bond donors (Lipinski definition) is 5. The summed E-state index contributed by atoms with van der Waals surface area (Å²) in [6.45, 7) is 1.51. The fourth-order valence-corrected chi connectivity index (χ4v) is 2.48. The van der Waals surface area contributed by atoms with Gasteiger partial charge in [0.1, 0.15) is 23.8 Å². The third kappa shape index (κ3) is 2.78. The average Bonchev–Trinajstić information content (AvgIpc) is 3.10. The third-order valence-corrected chi connectivity index (χ3v) is 3.68. The van der Waals surface area contributed by atoms with Crippen LogP contribution in [0.4, 0.5) is 11.8 Å². The zero-order chi connectivity index (χ0) is 17.3. The van der Waals surface area contributed by atoms with Crippen LogP contribution in [0.2, 0.25) is 0 Å². The van der Waals surface area contributed by atoms with E-state index in [2.05, 4.69) is 25.5 Å². The first kappa shape index (κ1) is 16.5. The number of imidazole rings is 1. The number of aromatic nitrogens is 4. The molecule has 2 aromatic rings.